The van der Waals surface area contributed by atoms with Gasteiger partial charge in [0.25, 0.3) is 0 Å². The number of carbonyl (C=O) groups is 1. The van der Waals surface area contributed by atoms with Gasteiger partial charge in [-0.3, -0.25) is 0 Å². The first-order chi connectivity index (χ1) is 8.83. The molecule has 96 valence electrons. The Morgan fingerprint density at radius 2 is 2.11 bits per heavy atom. The largest absolute Gasteiger partial charge is 0.445 e. The van der Waals surface area contributed by atoms with Crippen molar-refractivity contribution in [2.24, 2.45) is 11.8 Å². The van der Waals surface area contributed by atoms with Crippen molar-refractivity contribution in [3.63, 3.8) is 0 Å². The Hall–Kier alpha value is -1.51. The van der Waals surface area contributed by atoms with Crippen LogP contribution in [-0.2, 0) is 11.3 Å². The molecule has 0 radical (unpaired) electrons. The number of nitrogens with zero attached hydrogens (tertiary/aromatic N) is 1. The normalized spacial score (nSPS) is 26.1. The quantitative estimate of drug-likeness (QED) is 0.801. The van der Waals surface area contributed by atoms with Crippen molar-refractivity contribution < 1.29 is 9.53 Å². The molecule has 0 bridgehead atoms. The first-order valence-corrected chi connectivity index (χ1v) is 6.78. The van der Waals surface area contributed by atoms with Crippen LogP contribution in [0.1, 0.15) is 24.8 Å². The number of carbonyl (C=O) groups excluding carboxylic acids is 1. The molecule has 3 heteroatoms. The fraction of sp³-hybridized carbons (Fsp3) is 0.533. The summed E-state index contributed by atoms with van der Waals surface area (Å²) in [5, 5.41) is 0. The third-order valence-corrected chi connectivity index (χ3v) is 3.99. The van der Waals surface area contributed by atoms with Crippen molar-refractivity contribution in [3.05, 3.63) is 35.9 Å². The molecule has 1 aliphatic carbocycles. The number of fused-ring (bicyclic) bond motifs is 1. The third-order valence-electron chi connectivity index (χ3n) is 3.99. The van der Waals surface area contributed by atoms with E-state index in [0.717, 1.165) is 36.9 Å². The summed E-state index contributed by atoms with van der Waals surface area (Å²) in [4.78, 5) is 13.9. The van der Waals surface area contributed by atoms with Crippen LogP contribution in [0.15, 0.2) is 30.3 Å². The van der Waals surface area contributed by atoms with Gasteiger partial charge in [-0.25, -0.2) is 4.79 Å². The maximum atomic E-state index is 12.0. The van der Waals surface area contributed by atoms with Gasteiger partial charge >= 0.3 is 6.09 Å². The molecule has 1 heterocycles. The molecule has 0 N–H and O–H groups in total. The lowest BCUT2D eigenvalue weighted by Crippen LogP contribution is -2.33. The fourth-order valence-corrected chi connectivity index (χ4v) is 2.78. The molecule has 2 aliphatic rings. The second-order valence-electron chi connectivity index (χ2n) is 5.38. The maximum Gasteiger partial charge on any atom is 0.410 e. The Kier molecular flexibility index (Phi) is 3.22. The minimum absolute atomic E-state index is 0.147. The molecule has 0 spiro atoms. The Morgan fingerprint density at radius 1 is 1.28 bits per heavy atom. The van der Waals surface area contributed by atoms with Crippen molar-refractivity contribution in [2.45, 2.75) is 25.9 Å². The molecule has 1 aliphatic heterocycles. The van der Waals surface area contributed by atoms with Gasteiger partial charge in [-0.05, 0) is 36.7 Å². The van der Waals surface area contributed by atoms with E-state index in [1.54, 1.807) is 0 Å². The Morgan fingerprint density at radius 3 is 2.94 bits per heavy atom. The highest BCUT2D eigenvalue weighted by atomic mass is 16.6. The average molecular weight is 245 g/mol. The van der Waals surface area contributed by atoms with E-state index in [-0.39, 0.29) is 6.09 Å². The first-order valence-electron chi connectivity index (χ1n) is 6.78. The molecule has 2 atom stereocenters. The molecular formula is C15H19NO2. The van der Waals surface area contributed by atoms with Crippen LogP contribution in [0.4, 0.5) is 4.79 Å². The van der Waals surface area contributed by atoms with E-state index in [4.69, 9.17) is 4.74 Å². The van der Waals surface area contributed by atoms with Gasteiger partial charge in [-0.15, -0.1) is 0 Å². The monoisotopic (exact) mass is 245 g/mol. The predicted molar refractivity (Wildman–Crippen MR) is 69.0 cm³/mol. The summed E-state index contributed by atoms with van der Waals surface area (Å²) in [7, 11) is 0. The first kappa shape index (κ1) is 11.6. The SMILES string of the molecule is O=C(OCc1ccccc1)N1CCCC2CC2C1. The van der Waals surface area contributed by atoms with E-state index in [9.17, 15) is 4.79 Å². The smallest absolute Gasteiger partial charge is 0.410 e. The highest BCUT2D eigenvalue weighted by molar-refractivity contribution is 5.67. The molecule has 18 heavy (non-hydrogen) atoms. The number of likely N-dealkylation sites (tertiary alicyclic amines) is 1. The Balaban J connectivity index is 1.51. The lowest BCUT2D eigenvalue weighted by molar-refractivity contribution is 0.0955. The summed E-state index contributed by atoms with van der Waals surface area (Å²) in [6.07, 6.45) is 3.57. The van der Waals surface area contributed by atoms with Crippen LogP contribution in [0, 0.1) is 11.8 Å². The topological polar surface area (TPSA) is 29.5 Å². The molecule has 3 nitrogen and oxygen atoms in total. The van der Waals surface area contributed by atoms with Gasteiger partial charge in [-0.2, -0.15) is 0 Å². The zero-order valence-electron chi connectivity index (χ0n) is 10.5. The number of hydrogen-bond acceptors (Lipinski definition) is 2. The molecule has 2 fully saturated rings. The molecule has 0 aromatic heterocycles. The second-order valence-corrected chi connectivity index (χ2v) is 5.38. The van der Waals surface area contributed by atoms with Crippen LogP contribution in [0.5, 0.6) is 0 Å². The molecule has 1 amide bonds. The van der Waals surface area contributed by atoms with Crippen LogP contribution >= 0.6 is 0 Å². The van der Waals surface area contributed by atoms with Crippen molar-refractivity contribution in [3.8, 4) is 0 Å². The zero-order chi connectivity index (χ0) is 12.4. The average Bonchev–Trinajstić information content (AvgIpc) is 3.14. The number of hydrogen-bond donors (Lipinski definition) is 0. The van der Waals surface area contributed by atoms with Crippen LogP contribution in [-0.4, -0.2) is 24.1 Å². The van der Waals surface area contributed by atoms with Crippen LogP contribution < -0.4 is 0 Å². The van der Waals surface area contributed by atoms with Gasteiger partial charge in [0.15, 0.2) is 0 Å². The number of benzene rings is 1. The van der Waals surface area contributed by atoms with E-state index in [1.165, 1.54) is 12.8 Å². The second kappa shape index (κ2) is 5.01. The molecular weight excluding hydrogens is 226 g/mol. The lowest BCUT2D eigenvalue weighted by atomic mass is 10.2. The molecule has 1 aromatic rings. The standard InChI is InChI=1S/C15H19NO2/c17-15(18-11-12-5-2-1-3-6-12)16-8-4-7-13-9-14(13)10-16/h1-3,5-6,13-14H,4,7-11H2. The van der Waals surface area contributed by atoms with E-state index < -0.39 is 0 Å². The van der Waals surface area contributed by atoms with Crippen molar-refractivity contribution >= 4 is 6.09 Å². The van der Waals surface area contributed by atoms with Gasteiger partial charge in [-0.1, -0.05) is 30.3 Å². The highest BCUT2D eigenvalue weighted by Gasteiger charge is 2.40. The summed E-state index contributed by atoms with van der Waals surface area (Å²) in [6.45, 7) is 2.14. The Labute approximate surface area is 108 Å². The summed E-state index contributed by atoms with van der Waals surface area (Å²) in [5.41, 5.74) is 1.05. The van der Waals surface area contributed by atoms with Crippen LogP contribution in [0.25, 0.3) is 0 Å². The molecule has 1 aromatic carbocycles. The van der Waals surface area contributed by atoms with Gasteiger partial charge < -0.3 is 9.64 Å². The predicted octanol–water partition coefficient (Wildman–Crippen LogP) is 3.06. The zero-order valence-corrected chi connectivity index (χ0v) is 10.5. The van der Waals surface area contributed by atoms with Crippen molar-refractivity contribution in [2.75, 3.05) is 13.1 Å². The van der Waals surface area contributed by atoms with Crippen LogP contribution in [0.2, 0.25) is 0 Å². The number of rotatable bonds is 2. The van der Waals surface area contributed by atoms with Gasteiger partial charge in [0, 0.05) is 13.1 Å². The van der Waals surface area contributed by atoms with Gasteiger partial charge in [0.2, 0.25) is 0 Å². The maximum absolute atomic E-state index is 12.0. The number of amides is 1. The summed E-state index contributed by atoms with van der Waals surface area (Å²) < 4.78 is 5.38. The molecule has 1 saturated carbocycles. The van der Waals surface area contributed by atoms with E-state index in [1.807, 2.05) is 35.2 Å². The molecule has 1 saturated heterocycles. The highest BCUT2D eigenvalue weighted by Crippen LogP contribution is 2.44. The fourth-order valence-electron chi connectivity index (χ4n) is 2.78. The van der Waals surface area contributed by atoms with Gasteiger partial charge in [0.05, 0.1) is 0 Å². The van der Waals surface area contributed by atoms with Crippen LogP contribution in [0.3, 0.4) is 0 Å². The van der Waals surface area contributed by atoms with Crippen molar-refractivity contribution in [1.29, 1.82) is 0 Å². The third kappa shape index (κ3) is 2.66. The molecule has 2 unspecified atom stereocenters. The van der Waals surface area contributed by atoms with E-state index in [0.29, 0.717) is 6.61 Å². The minimum atomic E-state index is -0.147. The van der Waals surface area contributed by atoms with Gasteiger partial charge in [0.1, 0.15) is 6.61 Å². The summed E-state index contributed by atoms with van der Waals surface area (Å²) >= 11 is 0. The minimum Gasteiger partial charge on any atom is -0.445 e. The number of ether oxygens (including phenoxy) is 1. The van der Waals surface area contributed by atoms with Crippen molar-refractivity contribution in [1.82, 2.24) is 4.90 Å². The lowest BCUT2D eigenvalue weighted by Gasteiger charge is -2.20. The summed E-state index contributed by atoms with van der Waals surface area (Å²) in [5.74, 6) is 1.63. The summed E-state index contributed by atoms with van der Waals surface area (Å²) in [6, 6.07) is 9.85. The molecule has 3 rings (SSSR count). The van der Waals surface area contributed by atoms with E-state index >= 15 is 0 Å². The van der Waals surface area contributed by atoms with E-state index in [2.05, 4.69) is 0 Å². The Bertz CT molecular complexity index is 418.